The van der Waals surface area contributed by atoms with Crippen LogP contribution in [0.1, 0.15) is 18.9 Å². The van der Waals surface area contributed by atoms with Gasteiger partial charge in [-0.1, -0.05) is 24.8 Å². The van der Waals surface area contributed by atoms with Gasteiger partial charge in [-0.05, 0) is 43.0 Å². The smallest absolute Gasteiger partial charge is 0.119 e. The van der Waals surface area contributed by atoms with E-state index in [4.69, 9.17) is 4.74 Å². The molecule has 100 valence electrons. The summed E-state index contributed by atoms with van der Waals surface area (Å²) in [5, 5.41) is 3.53. The van der Waals surface area contributed by atoms with Crippen LogP contribution in [0, 0.1) is 0 Å². The molecule has 0 aliphatic heterocycles. The lowest BCUT2D eigenvalue weighted by atomic mass is 10.2. The molecule has 0 heterocycles. The summed E-state index contributed by atoms with van der Waals surface area (Å²) in [6, 6.07) is 8.79. The molecular formula is C15H23NOS. The van der Waals surface area contributed by atoms with E-state index in [0.717, 1.165) is 12.3 Å². The van der Waals surface area contributed by atoms with Crippen LogP contribution >= 0.6 is 11.8 Å². The van der Waals surface area contributed by atoms with Gasteiger partial charge in [0, 0.05) is 12.6 Å². The van der Waals surface area contributed by atoms with Gasteiger partial charge in [-0.2, -0.15) is 11.8 Å². The molecule has 0 aliphatic carbocycles. The average Bonchev–Trinajstić information content (AvgIpc) is 2.41. The van der Waals surface area contributed by atoms with Gasteiger partial charge < -0.3 is 10.1 Å². The summed E-state index contributed by atoms with van der Waals surface area (Å²) < 4.78 is 5.45. The van der Waals surface area contributed by atoms with Crippen LogP contribution in [-0.4, -0.2) is 24.7 Å². The first kappa shape index (κ1) is 15.1. The third-order valence-electron chi connectivity index (χ3n) is 2.70. The van der Waals surface area contributed by atoms with Gasteiger partial charge in [-0.15, -0.1) is 0 Å². The Bertz CT molecular complexity index is 337. The van der Waals surface area contributed by atoms with Crippen molar-refractivity contribution in [1.29, 1.82) is 0 Å². The Labute approximate surface area is 115 Å². The van der Waals surface area contributed by atoms with Crippen LogP contribution in [-0.2, 0) is 6.54 Å². The fourth-order valence-corrected chi connectivity index (χ4v) is 2.14. The standard InChI is InChI=1S/C15H23NOS/c1-4-10-17-15-7-5-14(6-8-15)12-16-13(2)9-11-18-3/h4-8,13,16H,1,9-12H2,2-3H3. The van der Waals surface area contributed by atoms with E-state index in [1.807, 2.05) is 23.9 Å². The van der Waals surface area contributed by atoms with Gasteiger partial charge in [0.25, 0.3) is 0 Å². The van der Waals surface area contributed by atoms with Gasteiger partial charge in [0.05, 0.1) is 0 Å². The first-order chi connectivity index (χ1) is 8.76. The SMILES string of the molecule is C=CCOc1ccc(CNC(C)CCSC)cc1. The number of hydrogen-bond donors (Lipinski definition) is 1. The zero-order chi connectivity index (χ0) is 13.2. The van der Waals surface area contributed by atoms with Crippen molar-refractivity contribution in [3.05, 3.63) is 42.5 Å². The first-order valence-electron chi connectivity index (χ1n) is 6.31. The molecule has 18 heavy (non-hydrogen) atoms. The number of rotatable bonds is 9. The van der Waals surface area contributed by atoms with Crippen LogP contribution in [0.15, 0.2) is 36.9 Å². The molecule has 1 unspecified atom stereocenters. The number of thioether (sulfide) groups is 1. The largest absolute Gasteiger partial charge is 0.490 e. The molecule has 2 nitrogen and oxygen atoms in total. The van der Waals surface area contributed by atoms with E-state index < -0.39 is 0 Å². The van der Waals surface area contributed by atoms with Crippen molar-refractivity contribution < 1.29 is 4.74 Å². The van der Waals surface area contributed by atoms with Crippen LogP contribution in [0.5, 0.6) is 5.75 Å². The van der Waals surface area contributed by atoms with E-state index >= 15 is 0 Å². The first-order valence-corrected chi connectivity index (χ1v) is 7.70. The van der Waals surface area contributed by atoms with Crippen molar-refractivity contribution in [2.24, 2.45) is 0 Å². The fraction of sp³-hybridized carbons (Fsp3) is 0.467. The second kappa shape index (κ2) is 9.06. The zero-order valence-electron chi connectivity index (χ0n) is 11.3. The van der Waals surface area contributed by atoms with Crippen LogP contribution in [0.2, 0.25) is 0 Å². The van der Waals surface area contributed by atoms with E-state index in [0.29, 0.717) is 12.6 Å². The van der Waals surface area contributed by atoms with Gasteiger partial charge in [0.15, 0.2) is 0 Å². The maximum Gasteiger partial charge on any atom is 0.119 e. The predicted molar refractivity (Wildman–Crippen MR) is 81.4 cm³/mol. The molecule has 0 fully saturated rings. The highest BCUT2D eigenvalue weighted by Gasteiger charge is 2.01. The van der Waals surface area contributed by atoms with Crippen molar-refractivity contribution >= 4 is 11.8 Å². The molecule has 3 heteroatoms. The van der Waals surface area contributed by atoms with Crippen LogP contribution < -0.4 is 10.1 Å². The van der Waals surface area contributed by atoms with Gasteiger partial charge in [-0.25, -0.2) is 0 Å². The Balaban J connectivity index is 2.32. The molecule has 0 radical (unpaired) electrons. The van der Waals surface area contributed by atoms with Crippen molar-refractivity contribution in [2.75, 3.05) is 18.6 Å². The van der Waals surface area contributed by atoms with Gasteiger partial charge >= 0.3 is 0 Å². The van der Waals surface area contributed by atoms with Gasteiger partial charge in [0.2, 0.25) is 0 Å². The summed E-state index contributed by atoms with van der Waals surface area (Å²) in [4.78, 5) is 0. The molecule has 0 aliphatic rings. The third kappa shape index (κ3) is 6.12. The zero-order valence-corrected chi connectivity index (χ0v) is 12.1. The number of benzene rings is 1. The Morgan fingerprint density at radius 3 is 2.72 bits per heavy atom. The normalized spacial score (nSPS) is 12.1. The molecule has 1 aromatic carbocycles. The van der Waals surface area contributed by atoms with Gasteiger partial charge in [0.1, 0.15) is 12.4 Å². The lowest BCUT2D eigenvalue weighted by molar-refractivity contribution is 0.363. The predicted octanol–water partition coefficient (Wildman–Crippen LogP) is 3.48. The van der Waals surface area contributed by atoms with Gasteiger partial charge in [-0.3, -0.25) is 0 Å². The topological polar surface area (TPSA) is 21.3 Å². The molecule has 0 saturated carbocycles. The quantitative estimate of drug-likeness (QED) is 0.691. The lowest BCUT2D eigenvalue weighted by Gasteiger charge is -2.13. The monoisotopic (exact) mass is 265 g/mol. The second-order valence-electron chi connectivity index (χ2n) is 4.31. The minimum Gasteiger partial charge on any atom is -0.490 e. The molecule has 0 amide bonds. The molecule has 0 saturated heterocycles. The van der Waals surface area contributed by atoms with E-state index in [-0.39, 0.29) is 0 Å². The summed E-state index contributed by atoms with van der Waals surface area (Å²) in [5.74, 6) is 2.11. The molecule has 1 aromatic rings. The summed E-state index contributed by atoms with van der Waals surface area (Å²) >= 11 is 1.90. The number of nitrogens with one attached hydrogen (secondary N) is 1. The molecule has 1 rings (SSSR count). The third-order valence-corrected chi connectivity index (χ3v) is 3.34. The number of hydrogen-bond acceptors (Lipinski definition) is 3. The average molecular weight is 265 g/mol. The van der Waals surface area contributed by atoms with Crippen molar-refractivity contribution in [2.45, 2.75) is 25.9 Å². The molecule has 0 aromatic heterocycles. The van der Waals surface area contributed by atoms with Crippen LogP contribution in [0.3, 0.4) is 0 Å². The molecule has 1 atom stereocenters. The summed E-state index contributed by atoms with van der Waals surface area (Å²) in [7, 11) is 0. The Morgan fingerprint density at radius 2 is 2.11 bits per heavy atom. The van der Waals surface area contributed by atoms with E-state index in [9.17, 15) is 0 Å². The maximum absolute atomic E-state index is 5.45. The Hall–Kier alpha value is -0.930. The van der Waals surface area contributed by atoms with Crippen molar-refractivity contribution in [3.8, 4) is 5.75 Å². The summed E-state index contributed by atoms with van der Waals surface area (Å²) in [5.41, 5.74) is 1.29. The minimum atomic E-state index is 0.559. The highest BCUT2D eigenvalue weighted by Crippen LogP contribution is 2.12. The maximum atomic E-state index is 5.45. The second-order valence-corrected chi connectivity index (χ2v) is 5.29. The number of ether oxygens (including phenoxy) is 1. The Morgan fingerprint density at radius 1 is 1.39 bits per heavy atom. The molecular weight excluding hydrogens is 242 g/mol. The summed E-state index contributed by atoms with van der Waals surface area (Å²) in [6.07, 6.45) is 5.11. The van der Waals surface area contributed by atoms with Crippen molar-refractivity contribution in [3.63, 3.8) is 0 Å². The molecule has 0 spiro atoms. The highest BCUT2D eigenvalue weighted by molar-refractivity contribution is 7.98. The highest BCUT2D eigenvalue weighted by atomic mass is 32.2. The van der Waals surface area contributed by atoms with Crippen LogP contribution in [0.25, 0.3) is 0 Å². The minimum absolute atomic E-state index is 0.559. The van der Waals surface area contributed by atoms with E-state index in [1.54, 1.807) is 6.08 Å². The van der Waals surface area contributed by atoms with E-state index in [1.165, 1.54) is 17.7 Å². The lowest BCUT2D eigenvalue weighted by Crippen LogP contribution is -2.25. The van der Waals surface area contributed by atoms with E-state index in [2.05, 4.69) is 37.2 Å². The molecule has 1 N–H and O–H groups in total. The van der Waals surface area contributed by atoms with Crippen molar-refractivity contribution in [1.82, 2.24) is 5.32 Å². The summed E-state index contributed by atoms with van der Waals surface area (Å²) in [6.45, 7) is 7.34. The Kier molecular flexibility index (Phi) is 7.62. The van der Waals surface area contributed by atoms with Crippen LogP contribution in [0.4, 0.5) is 0 Å². The fourth-order valence-electron chi connectivity index (χ4n) is 1.55. The molecule has 0 bridgehead atoms.